The lowest BCUT2D eigenvalue weighted by atomic mass is 10.0. The largest absolute Gasteiger partial charge is 0.355 e. The number of carbonyl (C=O) groups is 1. The Kier molecular flexibility index (Phi) is 4.36. The second-order valence-corrected chi connectivity index (χ2v) is 4.93. The summed E-state index contributed by atoms with van der Waals surface area (Å²) in [4.78, 5) is 11.7. The molecule has 88 valence electrons. The third kappa shape index (κ3) is 3.19. The number of halogens is 1. The average molecular weight is 339 g/mol. The maximum absolute atomic E-state index is 11.7. The maximum Gasteiger partial charge on any atom is 0.224 e. The predicted molar refractivity (Wildman–Crippen MR) is 79.5 cm³/mol. The standard InChI is InChI=1S/C14H14INO/c15-8-9-16-14(17)10-12-6-3-5-11-4-1-2-7-13(11)12/h1-7H,8-10H2,(H,16,17). The Labute approximate surface area is 115 Å². The van der Waals surface area contributed by atoms with Gasteiger partial charge >= 0.3 is 0 Å². The van der Waals surface area contributed by atoms with Gasteiger partial charge in [0, 0.05) is 11.0 Å². The molecule has 2 rings (SSSR count). The number of hydrogen-bond acceptors (Lipinski definition) is 1. The Hall–Kier alpha value is -1.10. The van der Waals surface area contributed by atoms with Crippen LogP contribution in [-0.4, -0.2) is 16.9 Å². The molecule has 0 unspecified atom stereocenters. The van der Waals surface area contributed by atoms with E-state index in [4.69, 9.17) is 0 Å². The second kappa shape index (κ2) is 6.00. The highest BCUT2D eigenvalue weighted by Crippen LogP contribution is 2.18. The number of benzene rings is 2. The fourth-order valence-electron chi connectivity index (χ4n) is 1.87. The summed E-state index contributed by atoms with van der Waals surface area (Å²) in [6.45, 7) is 0.740. The molecule has 0 aromatic heterocycles. The van der Waals surface area contributed by atoms with Crippen molar-refractivity contribution in [3.8, 4) is 0 Å². The predicted octanol–water partition coefficient (Wildman–Crippen LogP) is 2.93. The van der Waals surface area contributed by atoms with Crippen molar-refractivity contribution >= 4 is 39.3 Å². The fraction of sp³-hybridized carbons (Fsp3) is 0.214. The third-order valence-electron chi connectivity index (χ3n) is 2.65. The molecular weight excluding hydrogens is 325 g/mol. The number of rotatable bonds is 4. The molecule has 0 radical (unpaired) electrons. The molecule has 0 aliphatic carbocycles. The van der Waals surface area contributed by atoms with Gasteiger partial charge in [-0.05, 0) is 16.3 Å². The van der Waals surface area contributed by atoms with Gasteiger partial charge in [0.25, 0.3) is 0 Å². The van der Waals surface area contributed by atoms with Crippen molar-refractivity contribution in [2.75, 3.05) is 11.0 Å². The summed E-state index contributed by atoms with van der Waals surface area (Å²) < 4.78 is 0.943. The minimum absolute atomic E-state index is 0.0954. The van der Waals surface area contributed by atoms with Crippen LogP contribution in [0.25, 0.3) is 10.8 Å². The van der Waals surface area contributed by atoms with Crippen LogP contribution in [0.2, 0.25) is 0 Å². The smallest absolute Gasteiger partial charge is 0.224 e. The summed E-state index contributed by atoms with van der Waals surface area (Å²) in [5.41, 5.74) is 1.09. The van der Waals surface area contributed by atoms with E-state index in [9.17, 15) is 4.79 Å². The monoisotopic (exact) mass is 339 g/mol. The van der Waals surface area contributed by atoms with Crippen molar-refractivity contribution < 1.29 is 4.79 Å². The highest BCUT2D eigenvalue weighted by Gasteiger charge is 2.05. The zero-order chi connectivity index (χ0) is 12.1. The van der Waals surface area contributed by atoms with Crippen LogP contribution in [0.15, 0.2) is 42.5 Å². The number of hydrogen-bond donors (Lipinski definition) is 1. The Morgan fingerprint density at radius 1 is 1.12 bits per heavy atom. The van der Waals surface area contributed by atoms with Crippen LogP contribution in [0, 0.1) is 0 Å². The van der Waals surface area contributed by atoms with Crippen molar-refractivity contribution in [1.29, 1.82) is 0 Å². The van der Waals surface area contributed by atoms with E-state index in [1.54, 1.807) is 0 Å². The Balaban J connectivity index is 2.21. The van der Waals surface area contributed by atoms with E-state index in [0.717, 1.165) is 16.5 Å². The Morgan fingerprint density at radius 3 is 2.71 bits per heavy atom. The van der Waals surface area contributed by atoms with Crippen LogP contribution in [-0.2, 0) is 11.2 Å². The first-order chi connectivity index (χ1) is 8.31. The summed E-state index contributed by atoms with van der Waals surface area (Å²) >= 11 is 2.25. The first-order valence-corrected chi connectivity index (χ1v) is 7.13. The summed E-state index contributed by atoms with van der Waals surface area (Å²) in [6.07, 6.45) is 0.456. The molecule has 17 heavy (non-hydrogen) atoms. The van der Waals surface area contributed by atoms with Crippen LogP contribution < -0.4 is 5.32 Å². The number of nitrogens with one attached hydrogen (secondary N) is 1. The van der Waals surface area contributed by atoms with Crippen molar-refractivity contribution in [3.63, 3.8) is 0 Å². The Bertz CT molecular complexity index is 519. The summed E-state index contributed by atoms with van der Waals surface area (Å²) in [5.74, 6) is 0.0954. The molecule has 1 N–H and O–H groups in total. The van der Waals surface area contributed by atoms with Gasteiger partial charge < -0.3 is 5.32 Å². The van der Waals surface area contributed by atoms with Crippen LogP contribution in [0.4, 0.5) is 0 Å². The summed E-state index contributed by atoms with van der Waals surface area (Å²) in [5, 5.41) is 5.25. The van der Waals surface area contributed by atoms with E-state index >= 15 is 0 Å². The van der Waals surface area contributed by atoms with Crippen molar-refractivity contribution in [1.82, 2.24) is 5.32 Å². The van der Waals surface area contributed by atoms with Gasteiger partial charge in [-0.3, -0.25) is 4.79 Å². The SMILES string of the molecule is O=C(Cc1cccc2ccccc12)NCCI. The quantitative estimate of drug-likeness (QED) is 0.674. The summed E-state index contributed by atoms with van der Waals surface area (Å²) in [7, 11) is 0. The molecule has 0 saturated carbocycles. The van der Waals surface area contributed by atoms with Crippen LogP contribution in [0.5, 0.6) is 0 Å². The lowest BCUT2D eigenvalue weighted by Gasteiger charge is -2.06. The lowest BCUT2D eigenvalue weighted by molar-refractivity contribution is -0.120. The molecule has 0 spiro atoms. The van der Waals surface area contributed by atoms with Crippen molar-refractivity contribution in [2.24, 2.45) is 0 Å². The van der Waals surface area contributed by atoms with Crippen LogP contribution in [0.3, 0.4) is 0 Å². The number of carbonyl (C=O) groups excluding carboxylic acids is 1. The van der Waals surface area contributed by atoms with Gasteiger partial charge in [-0.25, -0.2) is 0 Å². The molecule has 0 bridgehead atoms. The number of alkyl halides is 1. The topological polar surface area (TPSA) is 29.1 Å². The molecule has 0 saturated heterocycles. The van der Waals surface area contributed by atoms with Crippen molar-refractivity contribution in [2.45, 2.75) is 6.42 Å². The first kappa shape index (κ1) is 12.4. The molecule has 2 aromatic rings. The van der Waals surface area contributed by atoms with Gasteiger partial charge in [-0.15, -0.1) is 0 Å². The van der Waals surface area contributed by atoms with E-state index in [2.05, 4.69) is 46.1 Å². The van der Waals surface area contributed by atoms with Crippen LogP contribution >= 0.6 is 22.6 Å². The van der Waals surface area contributed by atoms with Gasteiger partial charge in [0.05, 0.1) is 6.42 Å². The van der Waals surface area contributed by atoms with E-state index < -0.39 is 0 Å². The highest BCUT2D eigenvalue weighted by atomic mass is 127. The molecule has 0 atom stereocenters. The van der Waals surface area contributed by atoms with E-state index in [1.165, 1.54) is 10.8 Å². The molecule has 2 aromatic carbocycles. The van der Waals surface area contributed by atoms with E-state index in [1.807, 2.05) is 24.3 Å². The molecular formula is C14H14INO. The molecule has 0 aliphatic heterocycles. The zero-order valence-corrected chi connectivity index (χ0v) is 11.6. The molecule has 0 fully saturated rings. The minimum atomic E-state index is 0.0954. The molecule has 2 nitrogen and oxygen atoms in total. The van der Waals surface area contributed by atoms with Crippen molar-refractivity contribution in [3.05, 3.63) is 48.0 Å². The maximum atomic E-state index is 11.7. The van der Waals surface area contributed by atoms with Gasteiger partial charge in [0.15, 0.2) is 0 Å². The van der Waals surface area contributed by atoms with Gasteiger partial charge in [-0.1, -0.05) is 65.1 Å². The second-order valence-electron chi connectivity index (χ2n) is 3.85. The fourth-order valence-corrected chi connectivity index (χ4v) is 2.14. The normalized spacial score (nSPS) is 10.4. The lowest BCUT2D eigenvalue weighted by Crippen LogP contribution is -2.26. The Morgan fingerprint density at radius 2 is 1.88 bits per heavy atom. The molecule has 1 amide bonds. The van der Waals surface area contributed by atoms with E-state index in [0.29, 0.717) is 6.42 Å². The highest BCUT2D eigenvalue weighted by molar-refractivity contribution is 14.1. The molecule has 0 aliphatic rings. The first-order valence-electron chi connectivity index (χ1n) is 5.60. The average Bonchev–Trinajstić information content (AvgIpc) is 2.37. The number of fused-ring (bicyclic) bond motifs is 1. The molecule has 0 heterocycles. The van der Waals surface area contributed by atoms with Crippen LogP contribution in [0.1, 0.15) is 5.56 Å². The zero-order valence-electron chi connectivity index (χ0n) is 9.45. The van der Waals surface area contributed by atoms with Gasteiger partial charge in [0.2, 0.25) is 5.91 Å². The molecule has 3 heteroatoms. The van der Waals surface area contributed by atoms with Gasteiger partial charge in [-0.2, -0.15) is 0 Å². The van der Waals surface area contributed by atoms with Gasteiger partial charge in [0.1, 0.15) is 0 Å². The number of amides is 1. The van der Waals surface area contributed by atoms with E-state index in [-0.39, 0.29) is 5.91 Å². The summed E-state index contributed by atoms with van der Waals surface area (Å²) in [6, 6.07) is 14.3. The third-order valence-corrected chi connectivity index (χ3v) is 3.19. The minimum Gasteiger partial charge on any atom is -0.355 e.